The van der Waals surface area contributed by atoms with Gasteiger partial charge in [0.25, 0.3) is 0 Å². The van der Waals surface area contributed by atoms with Gasteiger partial charge in [0, 0.05) is 31.8 Å². The number of anilines is 1. The van der Waals surface area contributed by atoms with E-state index in [4.69, 9.17) is 5.11 Å². The zero-order valence-electron chi connectivity index (χ0n) is 11.6. The van der Waals surface area contributed by atoms with E-state index >= 15 is 0 Å². The highest BCUT2D eigenvalue weighted by Crippen LogP contribution is 2.11. The van der Waals surface area contributed by atoms with Crippen LogP contribution >= 0.6 is 0 Å². The lowest BCUT2D eigenvalue weighted by molar-refractivity contribution is -0.131. The van der Waals surface area contributed by atoms with Gasteiger partial charge in [-0.3, -0.25) is 4.79 Å². The number of carboxylic acids is 1. The molecule has 0 atom stereocenters. The van der Waals surface area contributed by atoms with Crippen LogP contribution in [0.2, 0.25) is 0 Å². The summed E-state index contributed by atoms with van der Waals surface area (Å²) in [7, 11) is 1.53. The van der Waals surface area contributed by atoms with E-state index in [1.807, 2.05) is 0 Å². The lowest BCUT2D eigenvalue weighted by Crippen LogP contribution is -2.32. The average molecular weight is 291 g/mol. The van der Waals surface area contributed by atoms with E-state index in [1.54, 1.807) is 24.3 Å². The minimum Gasteiger partial charge on any atom is -0.478 e. The fourth-order valence-electron chi connectivity index (χ4n) is 1.48. The summed E-state index contributed by atoms with van der Waals surface area (Å²) >= 11 is 0. The molecule has 0 spiro atoms. The van der Waals surface area contributed by atoms with Gasteiger partial charge in [0.2, 0.25) is 5.91 Å². The first-order valence-electron chi connectivity index (χ1n) is 6.28. The van der Waals surface area contributed by atoms with Crippen molar-refractivity contribution in [2.45, 2.75) is 6.42 Å². The van der Waals surface area contributed by atoms with Crippen LogP contribution in [-0.2, 0) is 9.59 Å². The van der Waals surface area contributed by atoms with Crippen molar-refractivity contribution in [2.75, 3.05) is 18.9 Å². The molecule has 0 radical (unpaired) electrons. The van der Waals surface area contributed by atoms with Gasteiger partial charge in [-0.2, -0.15) is 0 Å². The molecular formula is C14H17N3O4. The third-order valence-corrected chi connectivity index (χ3v) is 2.48. The Kier molecular flexibility index (Phi) is 6.46. The first kappa shape index (κ1) is 16.2. The number of nitrogens with one attached hydrogen (secondary N) is 3. The Morgan fingerprint density at radius 1 is 1.29 bits per heavy atom. The number of hydrogen-bond acceptors (Lipinski definition) is 3. The van der Waals surface area contributed by atoms with Gasteiger partial charge in [0.05, 0.1) is 0 Å². The molecule has 21 heavy (non-hydrogen) atoms. The number of carbonyl (C=O) groups is 3. The Morgan fingerprint density at radius 2 is 2.05 bits per heavy atom. The van der Waals surface area contributed by atoms with Crippen LogP contribution in [0.1, 0.15) is 12.0 Å². The smallest absolute Gasteiger partial charge is 0.328 e. The van der Waals surface area contributed by atoms with Gasteiger partial charge in [-0.1, -0.05) is 12.1 Å². The summed E-state index contributed by atoms with van der Waals surface area (Å²) < 4.78 is 0. The summed E-state index contributed by atoms with van der Waals surface area (Å²) in [5, 5.41) is 16.1. The van der Waals surface area contributed by atoms with E-state index in [-0.39, 0.29) is 18.9 Å². The van der Waals surface area contributed by atoms with Crippen LogP contribution in [0.15, 0.2) is 30.3 Å². The molecule has 4 N–H and O–H groups in total. The fourth-order valence-corrected chi connectivity index (χ4v) is 1.48. The summed E-state index contributed by atoms with van der Waals surface area (Å²) in [6.07, 6.45) is 2.64. The number of hydrogen-bond donors (Lipinski definition) is 4. The standard InChI is InChI=1S/C14H17N3O4/c1-15-12(18)7-8-16-14(21)17-11-4-2-3-10(9-11)5-6-13(19)20/h2-6,9H,7-8H2,1H3,(H,15,18)(H,19,20)(H2,16,17,21)/b6-5+. The van der Waals surface area contributed by atoms with Crippen molar-refractivity contribution in [1.29, 1.82) is 0 Å². The molecule has 0 aliphatic carbocycles. The van der Waals surface area contributed by atoms with Crippen LogP contribution in [0.3, 0.4) is 0 Å². The normalized spacial score (nSPS) is 10.1. The van der Waals surface area contributed by atoms with Crippen molar-refractivity contribution in [3.05, 3.63) is 35.9 Å². The highest BCUT2D eigenvalue weighted by molar-refractivity contribution is 5.90. The van der Waals surface area contributed by atoms with Gasteiger partial charge in [0.1, 0.15) is 0 Å². The predicted molar refractivity (Wildman–Crippen MR) is 78.8 cm³/mol. The number of aliphatic carboxylic acids is 1. The molecular weight excluding hydrogens is 274 g/mol. The van der Waals surface area contributed by atoms with Crippen molar-refractivity contribution in [3.8, 4) is 0 Å². The third-order valence-electron chi connectivity index (χ3n) is 2.48. The summed E-state index contributed by atoms with van der Waals surface area (Å²) in [4.78, 5) is 33.0. The zero-order chi connectivity index (χ0) is 15.7. The van der Waals surface area contributed by atoms with Gasteiger partial charge >= 0.3 is 12.0 Å². The SMILES string of the molecule is CNC(=O)CCNC(=O)Nc1cccc(/C=C/C(=O)O)c1. The first-order chi connectivity index (χ1) is 10.0. The van der Waals surface area contributed by atoms with Crippen LogP contribution in [-0.4, -0.2) is 36.6 Å². The van der Waals surface area contributed by atoms with Gasteiger partial charge in [-0.05, 0) is 23.8 Å². The molecule has 3 amide bonds. The molecule has 0 aliphatic heterocycles. The molecule has 112 valence electrons. The molecule has 0 bridgehead atoms. The quantitative estimate of drug-likeness (QED) is 0.587. The van der Waals surface area contributed by atoms with E-state index in [9.17, 15) is 14.4 Å². The highest BCUT2D eigenvalue weighted by atomic mass is 16.4. The van der Waals surface area contributed by atoms with Crippen molar-refractivity contribution < 1.29 is 19.5 Å². The Hall–Kier alpha value is -2.83. The summed E-state index contributed by atoms with van der Waals surface area (Å²) in [5.41, 5.74) is 1.18. The van der Waals surface area contributed by atoms with E-state index < -0.39 is 12.0 Å². The third kappa shape index (κ3) is 6.76. The Labute approximate surface area is 122 Å². The van der Waals surface area contributed by atoms with Crippen molar-refractivity contribution >= 4 is 29.7 Å². The molecule has 0 saturated heterocycles. The van der Waals surface area contributed by atoms with Crippen molar-refractivity contribution in [3.63, 3.8) is 0 Å². The molecule has 0 unspecified atom stereocenters. The second-order valence-electron chi connectivity index (χ2n) is 4.10. The lowest BCUT2D eigenvalue weighted by Gasteiger charge is -2.07. The summed E-state index contributed by atoms with van der Waals surface area (Å²) in [6.45, 7) is 0.226. The molecule has 7 nitrogen and oxygen atoms in total. The van der Waals surface area contributed by atoms with Gasteiger partial charge in [-0.25, -0.2) is 9.59 Å². The van der Waals surface area contributed by atoms with Crippen molar-refractivity contribution in [2.24, 2.45) is 0 Å². The van der Waals surface area contributed by atoms with E-state index in [2.05, 4.69) is 16.0 Å². The number of urea groups is 1. The first-order valence-corrected chi connectivity index (χ1v) is 6.28. The summed E-state index contributed by atoms with van der Waals surface area (Å²) in [5.74, 6) is -1.20. The van der Waals surface area contributed by atoms with E-state index in [0.717, 1.165) is 6.08 Å². The van der Waals surface area contributed by atoms with Gasteiger partial charge in [0.15, 0.2) is 0 Å². The topological polar surface area (TPSA) is 108 Å². The lowest BCUT2D eigenvalue weighted by atomic mass is 10.2. The van der Waals surface area contributed by atoms with Crippen LogP contribution < -0.4 is 16.0 Å². The minimum atomic E-state index is -1.04. The maximum Gasteiger partial charge on any atom is 0.328 e. The number of amides is 3. The molecule has 7 heteroatoms. The second kappa shape index (κ2) is 8.36. The largest absolute Gasteiger partial charge is 0.478 e. The van der Waals surface area contributed by atoms with Gasteiger partial charge < -0.3 is 21.1 Å². The van der Waals surface area contributed by atoms with Crippen LogP contribution in [0, 0.1) is 0 Å². The maximum atomic E-state index is 11.6. The molecule has 1 aromatic carbocycles. The Morgan fingerprint density at radius 3 is 2.71 bits per heavy atom. The monoisotopic (exact) mass is 291 g/mol. The van der Waals surface area contributed by atoms with Crippen molar-refractivity contribution in [1.82, 2.24) is 10.6 Å². The van der Waals surface area contributed by atoms with Crippen LogP contribution in [0.5, 0.6) is 0 Å². The second-order valence-corrected chi connectivity index (χ2v) is 4.10. The van der Waals surface area contributed by atoms with Crippen LogP contribution in [0.4, 0.5) is 10.5 Å². The average Bonchev–Trinajstić information content (AvgIpc) is 2.45. The molecule has 0 saturated carbocycles. The molecule has 1 rings (SSSR count). The van der Waals surface area contributed by atoms with Crippen LogP contribution in [0.25, 0.3) is 6.08 Å². The predicted octanol–water partition coefficient (Wildman–Crippen LogP) is 1.04. The number of carbonyl (C=O) groups excluding carboxylic acids is 2. The molecule has 0 heterocycles. The Balaban J connectivity index is 2.50. The van der Waals surface area contributed by atoms with Gasteiger partial charge in [-0.15, -0.1) is 0 Å². The highest BCUT2D eigenvalue weighted by Gasteiger charge is 2.03. The molecule has 1 aromatic rings. The van der Waals surface area contributed by atoms with E-state index in [1.165, 1.54) is 13.1 Å². The molecule has 0 aliphatic rings. The Bertz CT molecular complexity index is 555. The number of benzene rings is 1. The summed E-state index contributed by atoms with van der Waals surface area (Å²) in [6, 6.07) is 6.29. The zero-order valence-corrected chi connectivity index (χ0v) is 11.6. The fraction of sp³-hybridized carbons (Fsp3) is 0.214. The maximum absolute atomic E-state index is 11.6. The molecule has 0 aromatic heterocycles. The van der Waals surface area contributed by atoms with E-state index in [0.29, 0.717) is 11.3 Å². The minimum absolute atomic E-state index is 0.156. The number of rotatable bonds is 6. The number of carboxylic acid groups (broad SMARTS) is 1. The molecule has 0 fully saturated rings.